The second kappa shape index (κ2) is 8.12. The average Bonchev–Trinajstić information content (AvgIpc) is 2.81. The number of fused-ring (bicyclic) bond motifs is 1. The lowest BCUT2D eigenvalue weighted by Crippen LogP contribution is -2.44. The number of hydrogen-bond donors (Lipinski definition) is 0. The Bertz CT molecular complexity index is 952. The van der Waals surface area contributed by atoms with Crippen LogP contribution in [-0.2, 0) is 19.6 Å². The van der Waals surface area contributed by atoms with Crippen molar-refractivity contribution in [3.05, 3.63) is 24.0 Å². The SMILES string of the molecule is COCCN1C(=O)C2CN(S(=O)(=O)c3cc(F)ccc3OC)CC(C)(C)CN2C1=O. The predicted molar refractivity (Wildman–Crippen MR) is 105 cm³/mol. The van der Waals surface area contributed by atoms with Gasteiger partial charge in [-0.2, -0.15) is 4.31 Å². The molecule has 0 aromatic heterocycles. The molecular formula is C19H26FN3O6S. The van der Waals surface area contributed by atoms with Crippen molar-refractivity contribution in [1.29, 1.82) is 0 Å². The molecule has 0 N–H and O–H groups in total. The zero-order valence-electron chi connectivity index (χ0n) is 17.4. The van der Waals surface area contributed by atoms with Crippen molar-refractivity contribution in [3.63, 3.8) is 0 Å². The highest BCUT2D eigenvalue weighted by Gasteiger charge is 2.51. The maximum absolute atomic E-state index is 13.8. The monoisotopic (exact) mass is 443 g/mol. The number of rotatable bonds is 6. The van der Waals surface area contributed by atoms with Gasteiger partial charge in [0, 0.05) is 26.7 Å². The lowest BCUT2D eigenvalue weighted by molar-refractivity contribution is -0.128. The Labute approximate surface area is 175 Å². The Kier molecular flexibility index (Phi) is 6.08. The molecule has 3 amide bonds. The minimum absolute atomic E-state index is 0.00542. The molecule has 0 bridgehead atoms. The van der Waals surface area contributed by atoms with Gasteiger partial charge in [0.05, 0.1) is 20.3 Å². The van der Waals surface area contributed by atoms with Crippen LogP contribution >= 0.6 is 0 Å². The summed E-state index contributed by atoms with van der Waals surface area (Å²) < 4.78 is 51.9. The van der Waals surface area contributed by atoms with Crippen molar-refractivity contribution in [2.75, 3.05) is 47.0 Å². The summed E-state index contributed by atoms with van der Waals surface area (Å²) in [5.41, 5.74) is -0.643. The van der Waals surface area contributed by atoms with Crippen LogP contribution in [0.15, 0.2) is 23.1 Å². The summed E-state index contributed by atoms with van der Waals surface area (Å²) in [6, 6.07) is 1.84. The van der Waals surface area contributed by atoms with Crippen LogP contribution in [0.3, 0.4) is 0 Å². The Hall–Kier alpha value is -2.24. The molecule has 0 saturated carbocycles. The first kappa shape index (κ1) is 22.4. The molecule has 0 spiro atoms. The molecule has 166 valence electrons. The Balaban J connectivity index is 2.00. The molecule has 2 aliphatic heterocycles. The van der Waals surface area contributed by atoms with Gasteiger partial charge in [0.25, 0.3) is 5.91 Å². The van der Waals surface area contributed by atoms with E-state index in [1.54, 1.807) is 0 Å². The molecule has 1 atom stereocenters. The molecule has 2 fully saturated rings. The van der Waals surface area contributed by atoms with Gasteiger partial charge in [0.1, 0.15) is 22.5 Å². The van der Waals surface area contributed by atoms with Gasteiger partial charge in [-0.1, -0.05) is 13.8 Å². The van der Waals surface area contributed by atoms with Crippen LogP contribution in [0.1, 0.15) is 13.8 Å². The van der Waals surface area contributed by atoms with E-state index in [1.807, 2.05) is 13.8 Å². The van der Waals surface area contributed by atoms with Crippen molar-refractivity contribution in [2.45, 2.75) is 24.8 Å². The van der Waals surface area contributed by atoms with Gasteiger partial charge in [-0.15, -0.1) is 0 Å². The highest BCUT2D eigenvalue weighted by Crippen LogP contribution is 2.35. The lowest BCUT2D eigenvalue weighted by Gasteiger charge is -2.30. The molecule has 2 saturated heterocycles. The van der Waals surface area contributed by atoms with E-state index in [4.69, 9.17) is 9.47 Å². The number of methoxy groups -OCH3 is 2. The fraction of sp³-hybridized carbons (Fsp3) is 0.579. The summed E-state index contributed by atoms with van der Waals surface area (Å²) in [6.45, 7) is 3.95. The number of ether oxygens (including phenoxy) is 2. The number of amides is 3. The standard InChI is InChI=1S/C19H26FN3O6S/c1-19(2)11-21(30(26,27)16-9-13(20)5-6-15(16)29-4)10-14-17(24)22(7-8-28-3)18(25)23(14)12-19/h5-6,9,14H,7-8,10-12H2,1-4H3. The molecule has 0 radical (unpaired) electrons. The van der Waals surface area contributed by atoms with E-state index in [0.717, 1.165) is 21.3 Å². The van der Waals surface area contributed by atoms with Gasteiger partial charge in [-0.25, -0.2) is 17.6 Å². The van der Waals surface area contributed by atoms with Crippen molar-refractivity contribution >= 4 is 22.0 Å². The number of carbonyl (C=O) groups excluding carboxylic acids is 2. The van der Waals surface area contributed by atoms with Gasteiger partial charge in [0.15, 0.2) is 0 Å². The summed E-state index contributed by atoms with van der Waals surface area (Å²) in [5, 5.41) is 0. The first-order valence-electron chi connectivity index (χ1n) is 9.46. The fourth-order valence-electron chi connectivity index (χ4n) is 3.86. The van der Waals surface area contributed by atoms with E-state index >= 15 is 0 Å². The van der Waals surface area contributed by atoms with E-state index in [2.05, 4.69) is 0 Å². The second-order valence-electron chi connectivity index (χ2n) is 8.17. The highest BCUT2D eigenvalue weighted by molar-refractivity contribution is 7.89. The van der Waals surface area contributed by atoms with Crippen LogP contribution in [0.5, 0.6) is 5.75 Å². The molecule has 30 heavy (non-hydrogen) atoms. The minimum atomic E-state index is -4.20. The molecule has 1 aromatic rings. The fourth-order valence-corrected chi connectivity index (χ4v) is 5.66. The number of benzene rings is 1. The topological polar surface area (TPSA) is 96.5 Å². The number of hydrogen-bond acceptors (Lipinski definition) is 6. The van der Waals surface area contributed by atoms with Crippen LogP contribution in [-0.4, -0.2) is 87.5 Å². The maximum Gasteiger partial charge on any atom is 0.327 e. The first-order chi connectivity index (χ1) is 14.0. The van der Waals surface area contributed by atoms with Crippen molar-refractivity contribution in [1.82, 2.24) is 14.1 Å². The van der Waals surface area contributed by atoms with Gasteiger partial charge in [0.2, 0.25) is 10.0 Å². The normalized spacial score (nSPS) is 22.2. The van der Waals surface area contributed by atoms with E-state index in [0.29, 0.717) is 0 Å². The van der Waals surface area contributed by atoms with E-state index < -0.39 is 39.2 Å². The summed E-state index contributed by atoms with van der Waals surface area (Å²) >= 11 is 0. The summed E-state index contributed by atoms with van der Waals surface area (Å²) in [6.07, 6.45) is 0. The minimum Gasteiger partial charge on any atom is -0.495 e. The zero-order chi connectivity index (χ0) is 22.3. The van der Waals surface area contributed by atoms with Gasteiger partial charge in [-0.05, 0) is 23.6 Å². The molecular weight excluding hydrogens is 417 g/mol. The quantitative estimate of drug-likeness (QED) is 0.612. The summed E-state index contributed by atoms with van der Waals surface area (Å²) in [7, 11) is -1.44. The van der Waals surface area contributed by atoms with Crippen LogP contribution < -0.4 is 4.74 Å². The van der Waals surface area contributed by atoms with Gasteiger partial charge < -0.3 is 14.4 Å². The van der Waals surface area contributed by atoms with Crippen molar-refractivity contribution < 1.29 is 31.9 Å². The Morgan fingerprint density at radius 3 is 2.53 bits per heavy atom. The number of nitrogens with zero attached hydrogens (tertiary/aromatic N) is 3. The van der Waals surface area contributed by atoms with Crippen molar-refractivity contribution in [3.8, 4) is 5.75 Å². The highest BCUT2D eigenvalue weighted by atomic mass is 32.2. The average molecular weight is 443 g/mol. The third-order valence-corrected chi connectivity index (χ3v) is 7.08. The summed E-state index contributed by atoms with van der Waals surface area (Å²) in [4.78, 5) is 27.9. The largest absolute Gasteiger partial charge is 0.495 e. The number of halogens is 1. The van der Waals surface area contributed by atoms with E-state index in [1.165, 1.54) is 25.2 Å². The Morgan fingerprint density at radius 1 is 1.20 bits per heavy atom. The lowest BCUT2D eigenvalue weighted by atomic mass is 9.93. The number of sulfonamides is 1. The molecule has 11 heteroatoms. The number of imide groups is 1. The van der Waals surface area contributed by atoms with E-state index in [-0.39, 0.29) is 43.4 Å². The van der Waals surface area contributed by atoms with Crippen LogP contribution in [0.4, 0.5) is 9.18 Å². The van der Waals surface area contributed by atoms with Crippen molar-refractivity contribution in [2.24, 2.45) is 5.41 Å². The Morgan fingerprint density at radius 2 is 1.90 bits per heavy atom. The van der Waals surface area contributed by atoms with E-state index in [9.17, 15) is 22.4 Å². The molecule has 1 unspecified atom stereocenters. The third kappa shape index (κ3) is 4.01. The molecule has 3 rings (SSSR count). The zero-order valence-corrected chi connectivity index (χ0v) is 18.2. The summed E-state index contributed by atoms with van der Waals surface area (Å²) in [5.74, 6) is -1.19. The number of carbonyl (C=O) groups is 2. The molecule has 0 aliphatic carbocycles. The first-order valence-corrected chi connectivity index (χ1v) is 10.9. The smallest absolute Gasteiger partial charge is 0.327 e. The van der Waals surface area contributed by atoms with Gasteiger partial charge >= 0.3 is 6.03 Å². The number of urea groups is 1. The molecule has 2 heterocycles. The van der Waals surface area contributed by atoms with Gasteiger partial charge in [-0.3, -0.25) is 9.69 Å². The maximum atomic E-state index is 13.8. The molecule has 9 nitrogen and oxygen atoms in total. The second-order valence-corrected chi connectivity index (χ2v) is 10.1. The van der Waals surface area contributed by atoms with Crippen LogP contribution in [0.25, 0.3) is 0 Å². The van der Waals surface area contributed by atoms with Crippen LogP contribution in [0.2, 0.25) is 0 Å². The predicted octanol–water partition coefficient (Wildman–Crippen LogP) is 1.14. The third-order valence-electron chi connectivity index (χ3n) is 5.25. The molecule has 1 aromatic carbocycles. The van der Waals surface area contributed by atoms with Crippen LogP contribution in [0, 0.1) is 11.2 Å². The molecule has 2 aliphatic rings.